The lowest BCUT2D eigenvalue weighted by atomic mass is 10.0. The third kappa shape index (κ3) is 4.86. The van der Waals surface area contributed by atoms with Crippen molar-refractivity contribution in [3.63, 3.8) is 0 Å². The predicted molar refractivity (Wildman–Crippen MR) is 113 cm³/mol. The van der Waals surface area contributed by atoms with Gasteiger partial charge in [-0.25, -0.2) is 9.37 Å². The van der Waals surface area contributed by atoms with Gasteiger partial charge in [0.2, 0.25) is 11.8 Å². The van der Waals surface area contributed by atoms with E-state index < -0.39 is 24.8 Å². The number of hydrogen-bond donors (Lipinski definition) is 2. The lowest BCUT2D eigenvalue weighted by Crippen LogP contribution is -2.50. The van der Waals surface area contributed by atoms with Gasteiger partial charge in [-0.3, -0.25) is 9.59 Å². The molecule has 1 aromatic carbocycles. The molecule has 32 heavy (non-hydrogen) atoms. The van der Waals surface area contributed by atoms with Crippen LogP contribution in [0.1, 0.15) is 24.8 Å². The third-order valence-corrected chi connectivity index (χ3v) is 5.64. The van der Waals surface area contributed by atoms with Crippen molar-refractivity contribution in [3.8, 4) is 22.9 Å². The lowest BCUT2D eigenvalue weighted by Gasteiger charge is -2.34. The standard InChI is InChI=1S/C23H23FN4O4/c24-18-12-28(22(30)13-29)8-6-20(18)32-19-4-3-15(9-17(19)11-25)16-5-7-26-21(10-16)27-23(31)14-1-2-14/h3-5,7,9-10,14,18,20,29H,1-2,6,8,12-13H2,(H,26,27,31). The number of nitriles is 1. The predicted octanol–water partition coefficient (Wildman–Crippen LogP) is 2.28. The zero-order chi connectivity index (χ0) is 22.7. The molecule has 2 atom stereocenters. The van der Waals surface area contributed by atoms with Crippen LogP contribution in [0.2, 0.25) is 0 Å². The number of likely N-dealkylation sites (tertiary alicyclic amines) is 1. The summed E-state index contributed by atoms with van der Waals surface area (Å²) < 4.78 is 20.3. The highest BCUT2D eigenvalue weighted by atomic mass is 19.1. The third-order valence-electron chi connectivity index (χ3n) is 5.64. The van der Waals surface area contributed by atoms with Crippen LogP contribution in [0.3, 0.4) is 0 Å². The quantitative estimate of drug-likeness (QED) is 0.715. The van der Waals surface area contributed by atoms with E-state index in [0.717, 1.165) is 24.0 Å². The number of hydrogen-bond acceptors (Lipinski definition) is 6. The van der Waals surface area contributed by atoms with E-state index >= 15 is 0 Å². The highest BCUT2D eigenvalue weighted by Crippen LogP contribution is 2.32. The molecule has 8 nitrogen and oxygen atoms in total. The van der Waals surface area contributed by atoms with E-state index in [4.69, 9.17) is 9.84 Å². The van der Waals surface area contributed by atoms with Gasteiger partial charge in [-0.2, -0.15) is 5.26 Å². The van der Waals surface area contributed by atoms with Crippen molar-refractivity contribution in [3.05, 3.63) is 42.1 Å². The van der Waals surface area contributed by atoms with Gasteiger partial charge in [0.1, 0.15) is 30.3 Å². The Hall–Kier alpha value is -3.51. The molecule has 9 heteroatoms. The van der Waals surface area contributed by atoms with E-state index in [1.165, 1.54) is 4.90 Å². The van der Waals surface area contributed by atoms with Gasteiger partial charge in [-0.1, -0.05) is 6.07 Å². The Morgan fingerprint density at radius 3 is 2.72 bits per heavy atom. The summed E-state index contributed by atoms with van der Waals surface area (Å²) in [7, 11) is 0. The first-order chi connectivity index (χ1) is 15.5. The molecule has 0 spiro atoms. The van der Waals surface area contributed by atoms with Crippen LogP contribution in [0.4, 0.5) is 10.2 Å². The summed E-state index contributed by atoms with van der Waals surface area (Å²) in [6.07, 6.45) is 1.42. The monoisotopic (exact) mass is 438 g/mol. The number of amides is 2. The number of ether oxygens (including phenoxy) is 1. The van der Waals surface area contributed by atoms with E-state index in [1.807, 2.05) is 0 Å². The van der Waals surface area contributed by atoms with Crippen LogP contribution in [0.15, 0.2) is 36.5 Å². The van der Waals surface area contributed by atoms with Crippen molar-refractivity contribution in [1.82, 2.24) is 9.88 Å². The van der Waals surface area contributed by atoms with Gasteiger partial charge in [-0.15, -0.1) is 0 Å². The van der Waals surface area contributed by atoms with Gasteiger partial charge < -0.3 is 20.1 Å². The summed E-state index contributed by atoms with van der Waals surface area (Å²) in [5.41, 5.74) is 1.76. The fourth-order valence-electron chi connectivity index (χ4n) is 3.66. The minimum Gasteiger partial charge on any atom is -0.486 e. The molecular weight excluding hydrogens is 415 g/mol. The van der Waals surface area contributed by atoms with Gasteiger partial charge in [0.15, 0.2) is 6.17 Å². The molecule has 1 saturated carbocycles. The number of nitrogens with zero attached hydrogens (tertiary/aromatic N) is 3. The van der Waals surface area contributed by atoms with E-state index in [0.29, 0.717) is 5.82 Å². The highest BCUT2D eigenvalue weighted by molar-refractivity contribution is 5.93. The lowest BCUT2D eigenvalue weighted by molar-refractivity contribution is -0.138. The number of aromatic nitrogens is 1. The number of pyridine rings is 1. The number of nitrogens with one attached hydrogen (secondary N) is 1. The van der Waals surface area contributed by atoms with Crippen LogP contribution in [0.25, 0.3) is 11.1 Å². The van der Waals surface area contributed by atoms with Crippen LogP contribution in [0, 0.1) is 17.2 Å². The van der Waals surface area contributed by atoms with Crippen molar-refractivity contribution in [2.75, 3.05) is 25.0 Å². The Balaban J connectivity index is 1.47. The number of halogens is 1. The van der Waals surface area contributed by atoms with E-state index in [2.05, 4.69) is 16.4 Å². The second-order valence-electron chi connectivity index (χ2n) is 7.97. The average molecular weight is 438 g/mol. The molecule has 166 valence electrons. The Kier molecular flexibility index (Phi) is 6.32. The van der Waals surface area contributed by atoms with E-state index in [-0.39, 0.29) is 42.6 Å². The molecule has 2 aromatic rings. The first kappa shape index (κ1) is 21.7. The molecule has 1 saturated heterocycles. The molecule has 1 aromatic heterocycles. The van der Waals surface area contributed by atoms with Crippen molar-refractivity contribution in [1.29, 1.82) is 5.26 Å². The fourth-order valence-corrected chi connectivity index (χ4v) is 3.66. The smallest absolute Gasteiger partial charge is 0.248 e. The van der Waals surface area contributed by atoms with Gasteiger partial charge in [0, 0.05) is 25.1 Å². The molecule has 2 heterocycles. The number of rotatable bonds is 6. The zero-order valence-electron chi connectivity index (χ0n) is 17.3. The number of aliphatic hydroxyl groups excluding tert-OH is 1. The minimum absolute atomic E-state index is 0.0383. The summed E-state index contributed by atoms with van der Waals surface area (Å²) in [6.45, 7) is -0.535. The molecule has 1 aliphatic heterocycles. The normalized spacial score (nSPS) is 20.3. The van der Waals surface area contributed by atoms with Crippen LogP contribution in [-0.4, -0.2) is 58.8 Å². The topological polar surface area (TPSA) is 116 Å². The summed E-state index contributed by atoms with van der Waals surface area (Å²) >= 11 is 0. The second kappa shape index (κ2) is 9.32. The molecule has 2 N–H and O–H groups in total. The Morgan fingerprint density at radius 2 is 2.03 bits per heavy atom. The van der Waals surface area contributed by atoms with E-state index in [9.17, 15) is 19.2 Å². The highest BCUT2D eigenvalue weighted by Gasteiger charge is 2.33. The van der Waals surface area contributed by atoms with Crippen molar-refractivity contribution in [2.45, 2.75) is 31.5 Å². The molecule has 1 aliphatic carbocycles. The van der Waals surface area contributed by atoms with Crippen molar-refractivity contribution < 1.29 is 23.8 Å². The first-order valence-electron chi connectivity index (χ1n) is 10.5. The second-order valence-corrected chi connectivity index (χ2v) is 7.97. The largest absolute Gasteiger partial charge is 0.486 e. The van der Waals surface area contributed by atoms with E-state index in [1.54, 1.807) is 36.5 Å². The number of aliphatic hydroxyl groups is 1. The van der Waals surface area contributed by atoms with Crippen LogP contribution in [-0.2, 0) is 9.59 Å². The average Bonchev–Trinajstić information content (AvgIpc) is 3.66. The van der Waals surface area contributed by atoms with Crippen molar-refractivity contribution >= 4 is 17.6 Å². The molecule has 2 amide bonds. The molecule has 4 rings (SSSR count). The summed E-state index contributed by atoms with van der Waals surface area (Å²) in [5.74, 6) is 0.224. The molecule has 0 radical (unpaired) electrons. The van der Waals surface area contributed by atoms with Gasteiger partial charge in [-0.05, 0) is 48.2 Å². The maximum absolute atomic E-state index is 14.5. The number of alkyl halides is 1. The summed E-state index contributed by atoms with van der Waals surface area (Å²) in [6, 6.07) is 10.6. The van der Waals surface area contributed by atoms with Crippen LogP contribution in [0.5, 0.6) is 5.75 Å². The molecule has 2 fully saturated rings. The first-order valence-corrected chi connectivity index (χ1v) is 10.5. The molecule has 0 bridgehead atoms. The maximum atomic E-state index is 14.5. The molecule has 2 unspecified atom stereocenters. The number of carbonyl (C=O) groups is 2. The van der Waals surface area contributed by atoms with Crippen LogP contribution < -0.4 is 10.1 Å². The Labute approximate surface area is 184 Å². The Bertz CT molecular complexity index is 1070. The van der Waals surface area contributed by atoms with Gasteiger partial charge in [0.25, 0.3) is 0 Å². The fraction of sp³-hybridized carbons (Fsp3) is 0.391. The van der Waals surface area contributed by atoms with Crippen LogP contribution >= 0.6 is 0 Å². The van der Waals surface area contributed by atoms with Gasteiger partial charge in [0.05, 0.1) is 12.1 Å². The summed E-state index contributed by atoms with van der Waals surface area (Å²) in [5, 5.41) is 21.3. The number of piperidine rings is 1. The summed E-state index contributed by atoms with van der Waals surface area (Å²) in [4.78, 5) is 29.0. The SMILES string of the molecule is N#Cc1cc(-c2ccnc(NC(=O)C3CC3)c2)ccc1OC1CCN(C(=O)CO)CC1F. The Morgan fingerprint density at radius 1 is 1.25 bits per heavy atom. The number of anilines is 1. The van der Waals surface area contributed by atoms with Crippen molar-refractivity contribution in [2.24, 2.45) is 5.92 Å². The minimum atomic E-state index is -1.43. The zero-order valence-corrected chi connectivity index (χ0v) is 17.3. The number of benzene rings is 1. The molecular formula is C23H23FN4O4. The van der Waals surface area contributed by atoms with Gasteiger partial charge >= 0.3 is 0 Å². The molecule has 2 aliphatic rings. The maximum Gasteiger partial charge on any atom is 0.248 e. The number of carbonyl (C=O) groups excluding carboxylic acids is 2.